The van der Waals surface area contributed by atoms with Gasteiger partial charge >= 0.3 is 0 Å². The molecule has 5 heteroatoms. The summed E-state index contributed by atoms with van der Waals surface area (Å²) in [7, 11) is 0. The molecule has 5 rings (SSSR count). The van der Waals surface area contributed by atoms with Crippen molar-refractivity contribution in [2.75, 3.05) is 0 Å². The molecule has 2 aromatic carbocycles. The first-order chi connectivity index (χ1) is 12.8. The summed E-state index contributed by atoms with van der Waals surface area (Å²) >= 11 is 6.06. The molecule has 26 heavy (non-hydrogen) atoms. The molecule has 4 nitrogen and oxygen atoms in total. The molecule has 0 saturated heterocycles. The highest BCUT2D eigenvalue weighted by molar-refractivity contribution is 6.30. The summed E-state index contributed by atoms with van der Waals surface area (Å²) in [5.41, 5.74) is 4.36. The molecule has 0 spiro atoms. The van der Waals surface area contributed by atoms with Crippen LogP contribution in [0, 0.1) is 0 Å². The zero-order valence-corrected chi connectivity index (χ0v) is 14.7. The molecular formula is C21H16ClN3O. The third-order valence-electron chi connectivity index (χ3n) is 4.87. The van der Waals surface area contributed by atoms with Gasteiger partial charge in [-0.05, 0) is 30.3 Å². The maximum atomic E-state index is 6.32. The summed E-state index contributed by atoms with van der Waals surface area (Å²) in [6.07, 6.45) is 4.17. The number of hydrazone groups is 1. The summed E-state index contributed by atoms with van der Waals surface area (Å²) in [4.78, 5) is 4.11. The highest BCUT2D eigenvalue weighted by atomic mass is 35.5. The third kappa shape index (κ3) is 2.54. The minimum atomic E-state index is -0.272. The van der Waals surface area contributed by atoms with Crippen molar-refractivity contribution < 1.29 is 4.74 Å². The van der Waals surface area contributed by atoms with Gasteiger partial charge in [-0.2, -0.15) is 5.10 Å². The Labute approximate surface area is 156 Å². The van der Waals surface area contributed by atoms with E-state index < -0.39 is 0 Å². The summed E-state index contributed by atoms with van der Waals surface area (Å²) < 4.78 is 6.32. The number of benzene rings is 2. The molecule has 0 saturated carbocycles. The van der Waals surface area contributed by atoms with E-state index >= 15 is 0 Å². The number of para-hydroxylation sites is 1. The Morgan fingerprint density at radius 2 is 1.73 bits per heavy atom. The molecule has 0 N–H and O–H groups in total. The normalized spacial score (nSPS) is 20.8. The lowest BCUT2D eigenvalue weighted by Crippen LogP contribution is -2.33. The van der Waals surface area contributed by atoms with Gasteiger partial charge in [0.25, 0.3) is 0 Å². The van der Waals surface area contributed by atoms with E-state index in [1.54, 1.807) is 12.4 Å². The van der Waals surface area contributed by atoms with E-state index in [-0.39, 0.29) is 12.3 Å². The van der Waals surface area contributed by atoms with Gasteiger partial charge in [0.2, 0.25) is 6.23 Å². The van der Waals surface area contributed by atoms with E-state index in [0.717, 1.165) is 29.0 Å². The van der Waals surface area contributed by atoms with Crippen LogP contribution in [0.15, 0.2) is 78.2 Å². The second kappa shape index (κ2) is 6.15. The molecule has 3 aromatic rings. The van der Waals surface area contributed by atoms with Crippen molar-refractivity contribution in [1.82, 2.24) is 9.99 Å². The van der Waals surface area contributed by atoms with Crippen LogP contribution in [0.25, 0.3) is 0 Å². The molecular weight excluding hydrogens is 346 g/mol. The minimum Gasteiger partial charge on any atom is -0.464 e. The fraction of sp³-hybridized carbons (Fsp3) is 0.143. The SMILES string of the molecule is Clc1ccc([C@@H]2Oc3ccccc3[C@H]3CC(c4ccncc4)=NN32)cc1. The van der Waals surface area contributed by atoms with Gasteiger partial charge in [-0.3, -0.25) is 4.98 Å². The highest BCUT2D eigenvalue weighted by Crippen LogP contribution is 2.47. The van der Waals surface area contributed by atoms with Crippen molar-refractivity contribution in [3.63, 3.8) is 0 Å². The van der Waals surface area contributed by atoms with E-state index in [2.05, 4.69) is 16.1 Å². The molecule has 1 aromatic heterocycles. The summed E-state index contributed by atoms with van der Waals surface area (Å²) in [5.74, 6) is 0.917. The Kier molecular flexibility index (Phi) is 3.64. The van der Waals surface area contributed by atoms with Gasteiger partial charge in [0.1, 0.15) is 5.75 Å². The number of pyridine rings is 1. The molecule has 2 atom stereocenters. The van der Waals surface area contributed by atoms with Gasteiger partial charge in [0.05, 0.1) is 11.8 Å². The van der Waals surface area contributed by atoms with Crippen LogP contribution in [-0.4, -0.2) is 15.7 Å². The molecule has 0 aliphatic carbocycles. The van der Waals surface area contributed by atoms with Crippen molar-refractivity contribution in [3.05, 3.63) is 94.8 Å². The van der Waals surface area contributed by atoms with Crippen LogP contribution in [0.4, 0.5) is 0 Å². The van der Waals surface area contributed by atoms with Crippen LogP contribution >= 0.6 is 11.6 Å². The summed E-state index contributed by atoms with van der Waals surface area (Å²) in [5, 5.41) is 7.71. The monoisotopic (exact) mass is 361 g/mol. The maximum absolute atomic E-state index is 6.32. The van der Waals surface area contributed by atoms with Crippen molar-refractivity contribution in [2.24, 2.45) is 5.10 Å². The van der Waals surface area contributed by atoms with Gasteiger partial charge in [-0.1, -0.05) is 41.9 Å². The Balaban J connectivity index is 1.60. The number of hydrogen-bond acceptors (Lipinski definition) is 4. The number of halogens is 1. The van der Waals surface area contributed by atoms with Gasteiger partial charge in [-0.15, -0.1) is 0 Å². The predicted octanol–water partition coefficient (Wildman–Crippen LogP) is 4.98. The Bertz CT molecular complexity index is 972. The third-order valence-corrected chi connectivity index (χ3v) is 5.12. The summed E-state index contributed by atoms with van der Waals surface area (Å²) in [6.45, 7) is 0. The molecule has 0 radical (unpaired) electrons. The predicted molar refractivity (Wildman–Crippen MR) is 101 cm³/mol. The topological polar surface area (TPSA) is 37.7 Å². The van der Waals surface area contributed by atoms with Crippen molar-refractivity contribution >= 4 is 17.3 Å². The number of aromatic nitrogens is 1. The zero-order valence-electron chi connectivity index (χ0n) is 13.9. The average Bonchev–Trinajstić information content (AvgIpc) is 3.14. The molecule has 0 amide bonds. The van der Waals surface area contributed by atoms with E-state index in [0.29, 0.717) is 5.02 Å². The highest BCUT2D eigenvalue weighted by Gasteiger charge is 2.40. The molecule has 2 aliphatic rings. The Morgan fingerprint density at radius 1 is 0.962 bits per heavy atom. The average molecular weight is 362 g/mol. The van der Waals surface area contributed by atoms with Gasteiger partial charge < -0.3 is 4.74 Å². The Hall–Kier alpha value is -2.85. The second-order valence-electron chi connectivity index (χ2n) is 6.44. The first-order valence-electron chi connectivity index (χ1n) is 8.57. The van der Waals surface area contributed by atoms with Crippen molar-refractivity contribution in [2.45, 2.75) is 18.7 Å². The number of nitrogens with zero attached hydrogens (tertiary/aromatic N) is 3. The molecule has 0 fully saturated rings. The Morgan fingerprint density at radius 3 is 2.54 bits per heavy atom. The molecule has 0 unspecified atom stereocenters. The first kappa shape index (κ1) is 15.4. The zero-order chi connectivity index (χ0) is 17.5. The van der Waals surface area contributed by atoms with Gasteiger partial charge in [-0.25, -0.2) is 5.01 Å². The number of hydrogen-bond donors (Lipinski definition) is 0. The number of fused-ring (bicyclic) bond motifs is 3. The van der Waals surface area contributed by atoms with Gasteiger partial charge in [0, 0.05) is 40.5 Å². The van der Waals surface area contributed by atoms with Crippen LogP contribution in [0.1, 0.15) is 35.4 Å². The van der Waals surface area contributed by atoms with Crippen LogP contribution in [0.5, 0.6) is 5.75 Å². The van der Waals surface area contributed by atoms with Crippen molar-refractivity contribution in [1.29, 1.82) is 0 Å². The van der Waals surface area contributed by atoms with Crippen molar-refractivity contribution in [3.8, 4) is 5.75 Å². The fourth-order valence-corrected chi connectivity index (χ4v) is 3.73. The largest absolute Gasteiger partial charge is 0.464 e. The van der Waals surface area contributed by atoms with Crippen LogP contribution in [0.3, 0.4) is 0 Å². The molecule has 2 aliphatic heterocycles. The molecule has 128 valence electrons. The quantitative estimate of drug-likeness (QED) is 0.646. The van der Waals surface area contributed by atoms with Crippen LogP contribution in [0.2, 0.25) is 5.02 Å². The first-order valence-corrected chi connectivity index (χ1v) is 8.95. The standard InChI is InChI=1S/C21H16ClN3O/c22-16-7-5-15(6-8-16)21-25-19(17-3-1-2-4-20(17)26-21)13-18(24-25)14-9-11-23-12-10-14/h1-12,19,21H,13H2/t19-,21+/m1/s1. The second-order valence-corrected chi connectivity index (χ2v) is 6.88. The number of rotatable bonds is 2. The summed E-state index contributed by atoms with van der Waals surface area (Å²) in [6, 6.07) is 20.1. The van der Waals surface area contributed by atoms with Crippen LogP contribution in [-0.2, 0) is 0 Å². The minimum absolute atomic E-state index is 0.156. The van der Waals surface area contributed by atoms with Gasteiger partial charge in [0.15, 0.2) is 0 Å². The lowest BCUT2D eigenvalue weighted by molar-refractivity contribution is -0.0190. The van der Waals surface area contributed by atoms with E-state index in [4.69, 9.17) is 21.4 Å². The van der Waals surface area contributed by atoms with E-state index in [9.17, 15) is 0 Å². The fourth-order valence-electron chi connectivity index (χ4n) is 3.60. The number of ether oxygens (including phenoxy) is 1. The smallest absolute Gasteiger partial charge is 0.213 e. The lowest BCUT2D eigenvalue weighted by Gasteiger charge is -2.38. The lowest BCUT2D eigenvalue weighted by atomic mass is 9.96. The van der Waals surface area contributed by atoms with Crippen LogP contribution < -0.4 is 4.74 Å². The van der Waals surface area contributed by atoms with E-state index in [1.165, 1.54) is 5.56 Å². The molecule has 0 bridgehead atoms. The molecule has 3 heterocycles. The van der Waals surface area contributed by atoms with E-state index in [1.807, 2.05) is 54.6 Å². The maximum Gasteiger partial charge on any atom is 0.213 e.